The van der Waals surface area contributed by atoms with Crippen molar-refractivity contribution in [1.82, 2.24) is 0 Å². The molecule has 3 unspecified atom stereocenters. The van der Waals surface area contributed by atoms with Crippen LogP contribution in [-0.4, -0.2) is 6.61 Å². The Morgan fingerprint density at radius 2 is 1.81 bits per heavy atom. The van der Waals surface area contributed by atoms with Crippen LogP contribution in [-0.2, 0) is 11.2 Å². The monoisotopic (exact) mass is 360 g/mol. The minimum atomic E-state index is -1.42. The maximum atomic E-state index is 13.6. The van der Waals surface area contributed by atoms with Crippen molar-refractivity contribution in [2.24, 2.45) is 11.8 Å². The van der Waals surface area contributed by atoms with E-state index >= 15 is 0 Å². The van der Waals surface area contributed by atoms with Crippen molar-refractivity contribution in [2.45, 2.75) is 45.1 Å². The fraction of sp³-hybridized carbons (Fsp3) is 0.455. The lowest BCUT2D eigenvalue weighted by Gasteiger charge is -2.40. The summed E-state index contributed by atoms with van der Waals surface area (Å²) < 4.78 is 46.5. The number of hydrogen-bond acceptors (Lipinski definition) is 1. The summed E-state index contributed by atoms with van der Waals surface area (Å²) in [5, 5.41) is 0. The summed E-state index contributed by atoms with van der Waals surface area (Å²) in [6, 6.07) is 7.95. The van der Waals surface area contributed by atoms with E-state index in [0.29, 0.717) is 23.0 Å². The van der Waals surface area contributed by atoms with Crippen molar-refractivity contribution in [3.8, 4) is 11.1 Å². The van der Waals surface area contributed by atoms with Crippen LogP contribution in [0, 0.1) is 29.3 Å². The Hall–Kier alpha value is -1.81. The van der Waals surface area contributed by atoms with E-state index in [2.05, 4.69) is 6.92 Å². The first-order chi connectivity index (χ1) is 12.6. The molecule has 1 aliphatic carbocycles. The van der Waals surface area contributed by atoms with E-state index in [9.17, 15) is 13.2 Å². The SMILES string of the molecule is CCCC1COC2c3ccc(-c4cc(F)c(F)c(F)c4)cc3CCC2C1. The Morgan fingerprint density at radius 1 is 1.04 bits per heavy atom. The number of halogens is 3. The highest BCUT2D eigenvalue weighted by Crippen LogP contribution is 2.45. The van der Waals surface area contributed by atoms with E-state index in [4.69, 9.17) is 4.74 Å². The number of benzene rings is 2. The molecule has 2 aromatic rings. The van der Waals surface area contributed by atoms with Gasteiger partial charge in [0.25, 0.3) is 0 Å². The molecule has 1 saturated heterocycles. The first kappa shape index (κ1) is 17.6. The molecule has 0 spiro atoms. The predicted octanol–water partition coefficient (Wildman–Crippen LogP) is 6.21. The van der Waals surface area contributed by atoms with Crippen LogP contribution in [0.3, 0.4) is 0 Å². The van der Waals surface area contributed by atoms with Gasteiger partial charge >= 0.3 is 0 Å². The van der Waals surface area contributed by atoms with Crippen LogP contribution in [0.5, 0.6) is 0 Å². The number of rotatable bonds is 3. The Balaban J connectivity index is 1.61. The molecule has 1 nitrogen and oxygen atoms in total. The van der Waals surface area contributed by atoms with Crippen LogP contribution < -0.4 is 0 Å². The maximum Gasteiger partial charge on any atom is 0.194 e. The lowest BCUT2D eigenvalue weighted by molar-refractivity contribution is -0.0675. The zero-order valence-electron chi connectivity index (χ0n) is 14.9. The summed E-state index contributed by atoms with van der Waals surface area (Å²) in [7, 11) is 0. The normalized spacial score (nSPS) is 24.8. The molecule has 138 valence electrons. The minimum Gasteiger partial charge on any atom is -0.373 e. The second-order valence-electron chi connectivity index (χ2n) is 7.61. The molecule has 2 aromatic carbocycles. The lowest BCUT2D eigenvalue weighted by atomic mass is 9.74. The largest absolute Gasteiger partial charge is 0.373 e. The summed E-state index contributed by atoms with van der Waals surface area (Å²) in [5.41, 5.74) is 3.43. The molecule has 2 aliphatic rings. The summed E-state index contributed by atoms with van der Waals surface area (Å²) >= 11 is 0. The van der Waals surface area contributed by atoms with Gasteiger partial charge in [0, 0.05) is 0 Å². The first-order valence-corrected chi connectivity index (χ1v) is 9.46. The first-order valence-electron chi connectivity index (χ1n) is 9.46. The molecule has 0 N–H and O–H groups in total. The van der Waals surface area contributed by atoms with Gasteiger partial charge in [-0.3, -0.25) is 0 Å². The molecular weight excluding hydrogens is 337 g/mol. The Morgan fingerprint density at radius 3 is 2.54 bits per heavy atom. The zero-order valence-corrected chi connectivity index (χ0v) is 14.9. The van der Waals surface area contributed by atoms with Gasteiger partial charge < -0.3 is 4.74 Å². The fourth-order valence-electron chi connectivity index (χ4n) is 4.56. The molecule has 0 amide bonds. The van der Waals surface area contributed by atoms with Crippen molar-refractivity contribution in [2.75, 3.05) is 6.61 Å². The fourth-order valence-corrected chi connectivity index (χ4v) is 4.56. The van der Waals surface area contributed by atoms with E-state index in [1.54, 1.807) is 0 Å². The van der Waals surface area contributed by atoms with Crippen LogP contribution in [0.2, 0.25) is 0 Å². The molecule has 1 heterocycles. The molecule has 1 aliphatic heterocycles. The van der Waals surface area contributed by atoms with Gasteiger partial charge in [-0.15, -0.1) is 0 Å². The van der Waals surface area contributed by atoms with Crippen molar-refractivity contribution < 1.29 is 17.9 Å². The molecule has 0 aromatic heterocycles. The molecule has 0 bridgehead atoms. The van der Waals surface area contributed by atoms with Crippen LogP contribution >= 0.6 is 0 Å². The van der Waals surface area contributed by atoms with Gasteiger partial charge in [-0.1, -0.05) is 31.5 Å². The second kappa shape index (κ2) is 7.07. The highest BCUT2D eigenvalue weighted by atomic mass is 19.2. The van der Waals surface area contributed by atoms with E-state index in [1.807, 2.05) is 18.2 Å². The van der Waals surface area contributed by atoms with Gasteiger partial charge in [0.15, 0.2) is 17.5 Å². The lowest BCUT2D eigenvalue weighted by Crippen LogP contribution is -2.32. The Bertz CT molecular complexity index is 794. The third kappa shape index (κ3) is 3.16. The van der Waals surface area contributed by atoms with Crippen molar-refractivity contribution in [1.29, 1.82) is 0 Å². The average Bonchev–Trinajstić information content (AvgIpc) is 2.65. The standard InChI is InChI=1S/C22H23F3O/c1-2-3-13-8-16-5-4-15-9-14(6-7-18(15)22(16)26-12-13)17-10-19(23)21(25)20(24)11-17/h6-7,9-11,13,16,22H,2-5,8,12H2,1H3. The number of ether oxygens (including phenoxy) is 1. The Kier molecular flexibility index (Phi) is 4.78. The molecule has 4 heteroatoms. The predicted molar refractivity (Wildman–Crippen MR) is 95.3 cm³/mol. The smallest absolute Gasteiger partial charge is 0.194 e. The highest BCUT2D eigenvalue weighted by molar-refractivity contribution is 5.65. The van der Waals surface area contributed by atoms with Crippen molar-refractivity contribution >= 4 is 0 Å². The number of aryl methyl sites for hydroxylation is 1. The average molecular weight is 360 g/mol. The van der Waals surface area contributed by atoms with Gasteiger partial charge in [-0.25, -0.2) is 13.2 Å². The third-order valence-electron chi connectivity index (χ3n) is 5.82. The maximum absolute atomic E-state index is 13.6. The molecule has 0 saturated carbocycles. The number of hydrogen-bond donors (Lipinski definition) is 0. The van der Waals surface area contributed by atoms with E-state index in [1.165, 1.54) is 30.4 Å². The molecule has 26 heavy (non-hydrogen) atoms. The Labute approximate surface area is 152 Å². The molecule has 0 radical (unpaired) electrons. The molecule has 4 rings (SSSR count). The topological polar surface area (TPSA) is 9.23 Å². The van der Waals surface area contributed by atoms with Crippen LogP contribution in [0.4, 0.5) is 13.2 Å². The van der Waals surface area contributed by atoms with Crippen molar-refractivity contribution in [3.63, 3.8) is 0 Å². The quantitative estimate of drug-likeness (QED) is 0.591. The van der Waals surface area contributed by atoms with Crippen LogP contribution in [0.1, 0.15) is 49.8 Å². The van der Waals surface area contributed by atoms with Gasteiger partial charge in [0.1, 0.15) is 0 Å². The molecule has 1 fully saturated rings. The van der Waals surface area contributed by atoms with E-state index in [0.717, 1.165) is 31.6 Å². The highest BCUT2D eigenvalue weighted by Gasteiger charge is 2.36. The van der Waals surface area contributed by atoms with Gasteiger partial charge in [0.2, 0.25) is 0 Å². The van der Waals surface area contributed by atoms with Crippen LogP contribution in [0.25, 0.3) is 11.1 Å². The molecular formula is C22H23F3O. The summed E-state index contributed by atoms with van der Waals surface area (Å²) in [5.74, 6) is -2.52. The summed E-state index contributed by atoms with van der Waals surface area (Å²) in [6.45, 7) is 3.02. The van der Waals surface area contributed by atoms with E-state index in [-0.39, 0.29) is 6.10 Å². The summed E-state index contributed by atoms with van der Waals surface area (Å²) in [4.78, 5) is 0. The molecule has 3 atom stereocenters. The number of fused-ring (bicyclic) bond motifs is 3. The van der Waals surface area contributed by atoms with Crippen LogP contribution in [0.15, 0.2) is 30.3 Å². The zero-order chi connectivity index (χ0) is 18.3. The van der Waals surface area contributed by atoms with E-state index < -0.39 is 17.5 Å². The summed E-state index contributed by atoms with van der Waals surface area (Å²) in [6.07, 6.45) is 5.77. The van der Waals surface area contributed by atoms with Crippen molar-refractivity contribution in [3.05, 3.63) is 58.9 Å². The second-order valence-corrected chi connectivity index (χ2v) is 7.61. The van der Waals surface area contributed by atoms with Gasteiger partial charge in [0.05, 0.1) is 12.7 Å². The third-order valence-corrected chi connectivity index (χ3v) is 5.82. The van der Waals surface area contributed by atoms with Gasteiger partial charge in [-0.05, 0) is 71.9 Å². The van der Waals surface area contributed by atoms with Gasteiger partial charge in [-0.2, -0.15) is 0 Å². The minimum absolute atomic E-state index is 0.127.